The molecule has 0 spiro atoms. The summed E-state index contributed by atoms with van der Waals surface area (Å²) in [6.07, 6.45) is 0.317. The first-order chi connectivity index (χ1) is 15.2. The highest BCUT2D eigenvalue weighted by atomic mass is 19.4. The SMILES string of the molecule is C[C@@H]1CN(c2nc(-c3cnc(N)nc3C(F)(F)F)nc(N3CCCCCC3)n2)C[C@@H](C)O1. The van der Waals surface area contributed by atoms with Crippen molar-refractivity contribution in [3.63, 3.8) is 0 Å². The molecule has 174 valence electrons. The van der Waals surface area contributed by atoms with Gasteiger partial charge in [-0.1, -0.05) is 12.8 Å². The van der Waals surface area contributed by atoms with E-state index in [0.717, 1.165) is 45.0 Å². The van der Waals surface area contributed by atoms with E-state index in [1.807, 2.05) is 23.6 Å². The minimum absolute atomic E-state index is 0.0637. The lowest BCUT2D eigenvalue weighted by atomic mass is 10.2. The molecule has 0 aliphatic carbocycles. The van der Waals surface area contributed by atoms with Crippen molar-refractivity contribution in [1.29, 1.82) is 0 Å². The summed E-state index contributed by atoms with van der Waals surface area (Å²) in [5.41, 5.74) is 3.96. The third-order valence-electron chi connectivity index (χ3n) is 5.52. The van der Waals surface area contributed by atoms with Gasteiger partial charge in [0.25, 0.3) is 0 Å². The fraction of sp³-hybridized carbons (Fsp3) is 0.650. The first-order valence-corrected chi connectivity index (χ1v) is 10.8. The van der Waals surface area contributed by atoms with Crippen LogP contribution in [-0.4, -0.2) is 63.3 Å². The molecule has 2 saturated heterocycles. The highest BCUT2D eigenvalue weighted by Crippen LogP contribution is 2.35. The second-order valence-electron chi connectivity index (χ2n) is 8.31. The Morgan fingerprint density at radius 3 is 2.09 bits per heavy atom. The Hall–Kier alpha value is -2.76. The van der Waals surface area contributed by atoms with Gasteiger partial charge in [0.05, 0.1) is 17.8 Å². The molecular formula is C20H27F3N8O. The topological polar surface area (TPSA) is 106 Å². The van der Waals surface area contributed by atoms with Crippen molar-refractivity contribution >= 4 is 17.8 Å². The van der Waals surface area contributed by atoms with E-state index < -0.39 is 17.8 Å². The minimum Gasteiger partial charge on any atom is -0.372 e. The van der Waals surface area contributed by atoms with Crippen LogP contribution in [0.1, 0.15) is 45.2 Å². The Bertz CT molecular complexity index is 939. The number of morpholine rings is 1. The molecule has 9 nitrogen and oxygen atoms in total. The molecule has 2 aliphatic rings. The zero-order chi connectivity index (χ0) is 22.9. The van der Waals surface area contributed by atoms with Gasteiger partial charge < -0.3 is 20.3 Å². The number of hydrogen-bond donors (Lipinski definition) is 1. The number of anilines is 3. The van der Waals surface area contributed by atoms with E-state index >= 15 is 0 Å². The molecule has 2 atom stereocenters. The van der Waals surface area contributed by atoms with Crippen LogP contribution in [0.2, 0.25) is 0 Å². The maximum atomic E-state index is 13.7. The lowest BCUT2D eigenvalue weighted by molar-refractivity contribution is -0.140. The lowest BCUT2D eigenvalue weighted by Crippen LogP contribution is -2.46. The van der Waals surface area contributed by atoms with Gasteiger partial charge in [-0.3, -0.25) is 0 Å². The highest BCUT2D eigenvalue weighted by Gasteiger charge is 2.38. The van der Waals surface area contributed by atoms with Crippen LogP contribution in [0.25, 0.3) is 11.4 Å². The summed E-state index contributed by atoms with van der Waals surface area (Å²) in [6.45, 7) is 6.41. The Labute approximate surface area is 184 Å². The van der Waals surface area contributed by atoms with E-state index in [0.29, 0.717) is 25.0 Å². The molecular weight excluding hydrogens is 425 g/mol. The zero-order valence-electron chi connectivity index (χ0n) is 18.1. The van der Waals surface area contributed by atoms with E-state index in [2.05, 4.69) is 24.9 Å². The van der Waals surface area contributed by atoms with Crippen LogP contribution >= 0.6 is 0 Å². The van der Waals surface area contributed by atoms with Crippen molar-refractivity contribution in [2.45, 2.75) is 57.9 Å². The summed E-state index contributed by atoms with van der Waals surface area (Å²) in [6, 6.07) is 0. The molecule has 2 aromatic heterocycles. The number of halogens is 3. The first kappa shape index (κ1) is 22.4. The second kappa shape index (κ2) is 9.00. The van der Waals surface area contributed by atoms with E-state index in [9.17, 15) is 13.2 Å². The van der Waals surface area contributed by atoms with E-state index in [4.69, 9.17) is 10.5 Å². The van der Waals surface area contributed by atoms with Crippen LogP contribution < -0.4 is 15.5 Å². The van der Waals surface area contributed by atoms with Crippen LogP contribution in [0.5, 0.6) is 0 Å². The molecule has 0 amide bonds. The average molecular weight is 452 g/mol. The van der Waals surface area contributed by atoms with Crippen LogP contribution in [-0.2, 0) is 10.9 Å². The van der Waals surface area contributed by atoms with Crippen LogP contribution in [0.15, 0.2) is 6.20 Å². The normalized spacial score (nSPS) is 22.7. The van der Waals surface area contributed by atoms with Crippen molar-refractivity contribution in [2.24, 2.45) is 0 Å². The summed E-state index contributed by atoms with van der Waals surface area (Å²) in [5.74, 6) is 0.108. The van der Waals surface area contributed by atoms with Gasteiger partial charge in [0, 0.05) is 32.4 Å². The molecule has 0 unspecified atom stereocenters. The van der Waals surface area contributed by atoms with Crippen LogP contribution in [0, 0.1) is 0 Å². The molecule has 2 aliphatic heterocycles. The van der Waals surface area contributed by atoms with Crippen LogP contribution in [0.3, 0.4) is 0 Å². The predicted molar refractivity (Wildman–Crippen MR) is 113 cm³/mol. The third-order valence-corrected chi connectivity index (χ3v) is 5.52. The average Bonchev–Trinajstić information content (AvgIpc) is 3.02. The van der Waals surface area contributed by atoms with Gasteiger partial charge in [-0.2, -0.15) is 28.1 Å². The van der Waals surface area contributed by atoms with Gasteiger partial charge in [0.15, 0.2) is 11.5 Å². The largest absolute Gasteiger partial charge is 0.434 e. The lowest BCUT2D eigenvalue weighted by Gasteiger charge is -2.35. The number of nitrogens with zero attached hydrogens (tertiary/aromatic N) is 7. The van der Waals surface area contributed by atoms with Gasteiger partial charge >= 0.3 is 6.18 Å². The van der Waals surface area contributed by atoms with Gasteiger partial charge in [-0.25, -0.2) is 9.97 Å². The van der Waals surface area contributed by atoms with Gasteiger partial charge in [0.1, 0.15) is 0 Å². The number of ether oxygens (including phenoxy) is 1. The highest BCUT2D eigenvalue weighted by molar-refractivity contribution is 5.62. The van der Waals surface area contributed by atoms with Gasteiger partial charge in [-0.15, -0.1) is 0 Å². The smallest absolute Gasteiger partial charge is 0.372 e. The number of nitrogen functional groups attached to an aromatic ring is 1. The van der Waals surface area contributed by atoms with E-state index in [-0.39, 0.29) is 23.6 Å². The molecule has 0 radical (unpaired) electrons. The molecule has 4 rings (SSSR count). The molecule has 32 heavy (non-hydrogen) atoms. The molecule has 2 N–H and O–H groups in total. The van der Waals surface area contributed by atoms with Crippen molar-refractivity contribution in [1.82, 2.24) is 24.9 Å². The van der Waals surface area contributed by atoms with Crippen molar-refractivity contribution in [3.8, 4) is 11.4 Å². The fourth-order valence-corrected chi connectivity index (χ4v) is 4.14. The Morgan fingerprint density at radius 2 is 1.50 bits per heavy atom. The molecule has 2 fully saturated rings. The molecule has 0 bridgehead atoms. The zero-order valence-corrected chi connectivity index (χ0v) is 18.1. The van der Waals surface area contributed by atoms with Crippen molar-refractivity contribution in [2.75, 3.05) is 41.7 Å². The van der Waals surface area contributed by atoms with Crippen molar-refractivity contribution in [3.05, 3.63) is 11.9 Å². The van der Waals surface area contributed by atoms with Crippen molar-refractivity contribution < 1.29 is 17.9 Å². The number of alkyl halides is 3. The Kier molecular flexibility index (Phi) is 6.31. The fourth-order valence-electron chi connectivity index (χ4n) is 4.14. The number of nitrogens with two attached hydrogens (primary N) is 1. The molecule has 0 saturated carbocycles. The predicted octanol–water partition coefficient (Wildman–Crippen LogP) is 2.92. The Balaban J connectivity index is 1.83. The standard InChI is InChI=1S/C20H27F3N8O/c1-12-10-31(11-13(2)32-12)19-28-16(14-9-25-17(24)26-15(14)20(21,22)23)27-18(29-19)30-7-5-3-4-6-8-30/h9,12-13H,3-8,10-11H2,1-2H3,(H2,24,25,26)/t12-,13-/m1/s1. The molecule has 2 aromatic rings. The monoisotopic (exact) mass is 452 g/mol. The third kappa shape index (κ3) is 5.00. The number of aromatic nitrogens is 5. The molecule has 0 aromatic carbocycles. The minimum atomic E-state index is -4.73. The molecule has 12 heteroatoms. The number of hydrogen-bond acceptors (Lipinski definition) is 9. The van der Waals surface area contributed by atoms with Gasteiger partial charge in [0.2, 0.25) is 17.8 Å². The maximum absolute atomic E-state index is 13.7. The van der Waals surface area contributed by atoms with Crippen LogP contribution in [0.4, 0.5) is 31.0 Å². The number of rotatable bonds is 3. The second-order valence-corrected chi connectivity index (χ2v) is 8.31. The summed E-state index contributed by atoms with van der Waals surface area (Å²) in [4.78, 5) is 24.7. The Morgan fingerprint density at radius 1 is 0.906 bits per heavy atom. The van der Waals surface area contributed by atoms with Gasteiger partial charge in [-0.05, 0) is 26.7 Å². The molecule has 4 heterocycles. The maximum Gasteiger partial charge on any atom is 0.434 e. The first-order valence-electron chi connectivity index (χ1n) is 10.8. The quantitative estimate of drug-likeness (QED) is 0.752. The van der Waals surface area contributed by atoms with E-state index in [1.165, 1.54) is 0 Å². The summed E-state index contributed by atoms with van der Waals surface area (Å²) >= 11 is 0. The summed E-state index contributed by atoms with van der Waals surface area (Å²) < 4.78 is 47.0. The summed E-state index contributed by atoms with van der Waals surface area (Å²) in [5, 5.41) is 0. The summed E-state index contributed by atoms with van der Waals surface area (Å²) in [7, 11) is 0. The van der Waals surface area contributed by atoms with E-state index in [1.54, 1.807) is 0 Å².